The lowest BCUT2D eigenvalue weighted by Crippen LogP contribution is -2.33. The summed E-state index contributed by atoms with van der Waals surface area (Å²) in [6, 6.07) is 14.8. The van der Waals surface area contributed by atoms with Crippen LogP contribution in [0.25, 0.3) is 0 Å². The number of rotatable bonds is 7. The third-order valence-corrected chi connectivity index (χ3v) is 5.10. The maximum absolute atomic E-state index is 12.2. The van der Waals surface area contributed by atoms with Crippen LogP contribution in [0, 0.1) is 6.92 Å². The predicted octanol–water partition coefficient (Wildman–Crippen LogP) is 3.35. The van der Waals surface area contributed by atoms with E-state index in [4.69, 9.17) is 0 Å². The highest BCUT2D eigenvalue weighted by atomic mass is 32.2. The van der Waals surface area contributed by atoms with Crippen molar-refractivity contribution in [1.29, 1.82) is 0 Å². The fourth-order valence-electron chi connectivity index (χ4n) is 2.45. The van der Waals surface area contributed by atoms with E-state index in [-0.39, 0.29) is 18.9 Å². The smallest absolute Gasteiger partial charge is 0.232 e. The van der Waals surface area contributed by atoms with Crippen LogP contribution in [0.3, 0.4) is 0 Å². The monoisotopic (exact) mass is 360 g/mol. The molecule has 1 amide bonds. The van der Waals surface area contributed by atoms with Gasteiger partial charge >= 0.3 is 0 Å². The molecule has 0 aliphatic rings. The Hall–Kier alpha value is -2.34. The summed E-state index contributed by atoms with van der Waals surface area (Å²) >= 11 is 0. The number of hydrogen-bond donors (Lipinski definition) is 1. The van der Waals surface area contributed by atoms with Gasteiger partial charge in [-0.05, 0) is 43.2 Å². The maximum atomic E-state index is 12.2. The molecule has 0 unspecified atom stereocenters. The van der Waals surface area contributed by atoms with Gasteiger partial charge in [-0.2, -0.15) is 0 Å². The minimum Gasteiger partial charge on any atom is -0.326 e. The molecule has 0 heterocycles. The Morgan fingerprint density at radius 1 is 1.04 bits per heavy atom. The number of benzene rings is 2. The Balaban J connectivity index is 2.02. The lowest BCUT2D eigenvalue weighted by Gasteiger charge is -2.22. The number of nitrogens with zero attached hydrogens (tertiary/aromatic N) is 1. The molecule has 0 saturated heterocycles. The van der Waals surface area contributed by atoms with Crippen molar-refractivity contribution in [3.05, 3.63) is 59.7 Å². The molecule has 134 valence electrons. The molecule has 0 bridgehead atoms. The summed E-state index contributed by atoms with van der Waals surface area (Å²) in [6.45, 7) is 4.10. The molecule has 0 aliphatic carbocycles. The van der Waals surface area contributed by atoms with Crippen LogP contribution in [-0.2, 0) is 21.2 Å². The molecule has 5 nitrogen and oxygen atoms in total. The van der Waals surface area contributed by atoms with Gasteiger partial charge in [-0.3, -0.25) is 9.10 Å². The Labute approximate surface area is 149 Å². The second kappa shape index (κ2) is 8.16. The summed E-state index contributed by atoms with van der Waals surface area (Å²) < 4.78 is 25.4. The molecule has 0 atom stereocenters. The van der Waals surface area contributed by atoms with Crippen molar-refractivity contribution in [3.8, 4) is 0 Å². The number of nitrogens with one attached hydrogen (secondary N) is 1. The zero-order valence-corrected chi connectivity index (χ0v) is 15.6. The van der Waals surface area contributed by atoms with E-state index < -0.39 is 10.0 Å². The van der Waals surface area contributed by atoms with Crippen LogP contribution in [0.2, 0.25) is 0 Å². The number of hydrogen-bond acceptors (Lipinski definition) is 3. The summed E-state index contributed by atoms with van der Waals surface area (Å²) in [5.41, 5.74) is 3.52. The summed E-state index contributed by atoms with van der Waals surface area (Å²) in [5, 5.41) is 2.80. The van der Waals surface area contributed by atoms with Crippen LogP contribution in [0.4, 0.5) is 11.4 Å². The van der Waals surface area contributed by atoms with E-state index in [0.29, 0.717) is 11.4 Å². The van der Waals surface area contributed by atoms with E-state index in [1.807, 2.05) is 43.3 Å². The average Bonchev–Trinajstić information content (AvgIpc) is 2.56. The highest BCUT2D eigenvalue weighted by molar-refractivity contribution is 7.92. The Morgan fingerprint density at radius 2 is 1.64 bits per heavy atom. The highest BCUT2D eigenvalue weighted by Crippen LogP contribution is 2.19. The van der Waals surface area contributed by atoms with Crippen molar-refractivity contribution in [2.24, 2.45) is 0 Å². The van der Waals surface area contributed by atoms with Crippen LogP contribution in [0.15, 0.2) is 48.5 Å². The standard InChI is InChI=1S/C19H24N2O3S/c1-4-16-7-9-17(10-8-16)20-19(22)13-14-21(25(3,23)24)18-11-5-15(2)6-12-18/h5-12H,4,13-14H2,1-3H3,(H,20,22). The predicted molar refractivity (Wildman–Crippen MR) is 102 cm³/mol. The molecule has 0 spiro atoms. The molecule has 0 aliphatic heterocycles. The first kappa shape index (κ1) is 19.0. The first-order chi connectivity index (χ1) is 11.8. The van der Waals surface area contributed by atoms with Crippen LogP contribution in [0.1, 0.15) is 24.5 Å². The average molecular weight is 360 g/mol. The van der Waals surface area contributed by atoms with E-state index in [2.05, 4.69) is 12.2 Å². The first-order valence-electron chi connectivity index (χ1n) is 8.23. The summed E-state index contributed by atoms with van der Waals surface area (Å²) in [7, 11) is -3.46. The van der Waals surface area contributed by atoms with Crippen molar-refractivity contribution < 1.29 is 13.2 Å². The lowest BCUT2D eigenvalue weighted by molar-refractivity contribution is -0.116. The van der Waals surface area contributed by atoms with Crippen molar-refractivity contribution in [2.45, 2.75) is 26.7 Å². The first-order valence-corrected chi connectivity index (χ1v) is 10.1. The number of sulfonamides is 1. The SMILES string of the molecule is CCc1ccc(NC(=O)CCN(c2ccc(C)cc2)S(C)(=O)=O)cc1. The third kappa shape index (κ3) is 5.60. The molecule has 6 heteroatoms. The molecule has 0 aromatic heterocycles. The molecule has 2 aromatic rings. The van der Waals surface area contributed by atoms with Gasteiger partial charge in [0.25, 0.3) is 0 Å². The van der Waals surface area contributed by atoms with E-state index >= 15 is 0 Å². The third-order valence-electron chi connectivity index (χ3n) is 3.91. The van der Waals surface area contributed by atoms with E-state index in [1.165, 1.54) is 9.87 Å². The molecule has 0 fully saturated rings. The van der Waals surface area contributed by atoms with Crippen molar-refractivity contribution in [1.82, 2.24) is 0 Å². The highest BCUT2D eigenvalue weighted by Gasteiger charge is 2.18. The number of anilines is 2. The van der Waals surface area contributed by atoms with Gasteiger partial charge in [-0.15, -0.1) is 0 Å². The Morgan fingerprint density at radius 3 is 2.16 bits per heavy atom. The number of amides is 1. The van der Waals surface area contributed by atoms with E-state index in [1.54, 1.807) is 12.1 Å². The molecular formula is C19H24N2O3S. The molecule has 1 N–H and O–H groups in total. The molecule has 0 radical (unpaired) electrons. The minimum absolute atomic E-state index is 0.0798. The van der Waals surface area contributed by atoms with Crippen molar-refractivity contribution >= 4 is 27.3 Å². The zero-order chi connectivity index (χ0) is 18.4. The number of aryl methyl sites for hydroxylation is 2. The normalized spacial score (nSPS) is 11.2. The van der Waals surface area contributed by atoms with Gasteiger partial charge in [0.2, 0.25) is 15.9 Å². The van der Waals surface area contributed by atoms with Gasteiger partial charge in [0, 0.05) is 18.7 Å². The summed E-state index contributed by atoms with van der Waals surface area (Å²) in [4.78, 5) is 12.2. The van der Waals surface area contributed by atoms with Gasteiger partial charge < -0.3 is 5.32 Å². The second-order valence-corrected chi connectivity index (χ2v) is 7.93. The lowest BCUT2D eigenvalue weighted by atomic mass is 10.1. The maximum Gasteiger partial charge on any atom is 0.232 e. The van der Waals surface area contributed by atoms with Crippen LogP contribution in [0.5, 0.6) is 0 Å². The second-order valence-electron chi connectivity index (χ2n) is 6.02. The fraction of sp³-hybridized carbons (Fsp3) is 0.316. The molecule has 2 aromatic carbocycles. The Bertz CT molecular complexity index is 813. The molecule has 25 heavy (non-hydrogen) atoms. The molecule has 2 rings (SSSR count). The fourth-order valence-corrected chi connectivity index (χ4v) is 3.38. The van der Waals surface area contributed by atoms with Gasteiger partial charge in [-0.25, -0.2) is 8.42 Å². The van der Waals surface area contributed by atoms with Gasteiger partial charge in [0.15, 0.2) is 0 Å². The van der Waals surface area contributed by atoms with Crippen molar-refractivity contribution in [3.63, 3.8) is 0 Å². The quantitative estimate of drug-likeness (QED) is 0.823. The zero-order valence-electron chi connectivity index (χ0n) is 14.8. The largest absolute Gasteiger partial charge is 0.326 e. The van der Waals surface area contributed by atoms with Crippen LogP contribution in [-0.4, -0.2) is 27.1 Å². The number of carbonyl (C=O) groups is 1. The van der Waals surface area contributed by atoms with Gasteiger partial charge in [0.1, 0.15) is 0 Å². The van der Waals surface area contributed by atoms with Gasteiger partial charge in [-0.1, -0.05) is 36.8 Å². The van der Waals surface area contributed by atoms with E-state index in [0.717, 1.165) is 18.2 Å². The van der Waals surface area contributed by atoms with Crippen molar-refractivity contribution in [2.75, 3.05) is 22.4 Å². The molecule has 0 saturated carbocycles. The summed E-state index contributed by atoms with van der Waals surface area (Å²) in [5.74, 6) is -0.218. The van der Waals surface area contributed by atoms with Gasteiger partial charge in [0.05, 0.1) is 11.9 Å². The summed E-state index contributed by atoms with van der Waals surface area (Å²) in [6.07, 6.45) is 2.17. The van der Waals surface area contributed by atoms with E-state index in [9.17, 15) is 13.2 Å². The van der Waals surface area contributed by atoms with Crippen LogP contribution >= 0.6 is 0 Å². The molecular weight excluding hydrogens is 336 g/mol. The minimum atomic E-state index is -3.46. The van der Waals surface area contributed by atoms with Crippen LogP contribution < -0.4 is 9.62 Å². The number of carbonyl (C=O) groups excluding carboxylic acids is 1. The topological polar surface area (TPSA) is 66.5 Å². The Kier molecular flexibility index (Phi) is 6.20.